The van der Waals surface area contributed by atoms with Crippen LogP contribution in [0.5, 0.6) is 0 Å². The van der Waals surface area contributed by atoms with Gasteiger partial charge in [-0.05, 0) is 36.4 Å². The number of ketones is 1. The fourth-order valence-electron chi connectivity index (χ4n) is 3.70. The summed E-state index contributed by atoms with van der Waals surface area (Å²) in [6.45, 7) is -0.159. The molecule has 4 aromatic rings. The topological polar surface area (TPSA) is 85.2 Å². The molecule has 1 aliphatic rings. The second-order valence-electron chi connectivity index (χ2n) is 7.33. The lowest BCUT2D eigenvalue weighted by Gasteiger charge is -2.12. The third kappa shape index (κ3) is 3.71. The highest BCUT2D eigenvalue weighted by Gasteiger charge is 2.35. The number of imide groups is 1. The van der Waals surface area contributed by atoms with Gasteiger partial charge in [0.05, 0.1) is 22.3 Å². The van der Waals surface area contributed by atoms with Gasteiger partial charge in [-0.3, -0.25) is 19.3 Å². The number of carbonyl (C=O) groups excluding carboxylic acids is 3. The van der Waals surface area contributed by atoms with E-state index in [1.807, 2.05) is 0 Å². The summed E-state index contributed by atoms with van der Waals surface area (Å²) in [6.07, 6.45) is 1.46. The van der Waals surface area contributed by atoms with Crippen molar-refractivity contribution in [3.05, 3.63) is 105 Å². The predicted molar refractivity (Wildman–Crippen MR) is 122 cm³/mol. The molecule has 0 spiro atoms. The number of amides is 2. The van der Waals surface area contributed by atoms with E-state index in [2.05, 4.69) is 10.2 Å². The molecule has 5 rings (SSSR count). The number of halogens is 2. The van der Waals surface area contributed by atoms with E-state index in [-0.39, 0.29) is 12.5 Å². The standard InChI is InChI=1S/C24H14Cl2N4O3/c25-14-9-10-15(19(11-14)22(31)18-7-3-4-8-20(18)26)21-12-27-30(28-21)13-29-23(32)16-5-1-2-6-17(16)24(29)33/h1-12H,13H2. The number of aromatic nitrogens is 3. The van der Waals surface area contributed by atoms with Crippen LogP contribution in [0.4, 0.5) is 0 Å². The molecule has 0 atom stereocenters. The van der Waals surface area contributed by atoms with Gasteiger partial charge in [-0.1, -0.05) is 53.5 Å². The summed E-state index contributed by atoms with van der Waals surface area (Å²) in [7, 11) is 0. The Morgan fingerprint density at radius 1 is 0.818 bits per heavy atom. The summed E-state index contributed by atoms with van der Waals surface area (Å²) >= 11 is 12.4. The van der Waals surface area contributed by atoms with E-state index in [1.165, 1.54) is 11.0 Å². The van der Waals surface area contributed by atoms with Gasteiger partial charge in [0.25, 0.3) is 11.8 Å². The Morgan fingerprint density at radius 2 is 1.48 bits per heavy atom. The van der Waals surface area contributed by atoms with Gasteiger partial charge in [0, 0.05) is 21.7 Å². The molecule has 0 aliphatic carbocycles. The van der Waals surface area contributed by atoms with Crippen molar-refractivity contribution in [3.8, 4) is 11.3 Å². The summed E-state index contributed by atoms with van der Waals surface area (Å²) in [6, 6.07) is 18.2. The molecule has 1 aliphatic heterocycles. The average Bonchev–Trinajstić information content (AvgIpc) is 3.38. The van der Waals surface area contributed by atoms with Crippen molar-refractivity contribution in [2.45, 2.75) is 6.67 Å². The number of hydrogen-bond acceptors (Lipinski definition) is 5. The zero-order chi connectivity index (χ0) is 23.1. The average molecular weight is 477 g/mol. The first-order valence-electron chi connectivity index (χ1n) is 9.88. The monoisotopic (exact) mass is 476 g/mol. The Labute approximate surface area is 198 Å². The van der Waals surface area contributed by atoms with E-state index in [0.29, 0.717) is 43.6 Å². The highest BCUT2D eigenvalue weighted by atomic mass is 35.5. The van der Waals surface area contributed by atoms with E-state index < -0.39 is 11.8 Å². The summed E-state index contributed by atoms with van der Waals surface area (Å²) in [4.78, 5) is 40.8. The van der Waals surface area contributed by atoms with Crippen LogP contribution in [0.25, 0.3) is 11.3 Å². The quantitative estimate of drug-likeness (QED) is 0.306. The zero-order valence-electron chi connectivity index (χ0n) is 16.9. The number of rotatable bonds is 5. The molecule has 1 aromatic heterocycles. The third-order valence-corrected chi connectivity index (χ3v) is 5.87. The van der Waals surface area contributed by atoms with Crippen LogP contribution in [0.1, 0.15) is 36.6 Å². The molecule has 0 fully saturated rings. The molecule has 0 saturated heterocycles. The molecule has 7 nitrogen and oxygen atoms in total. The van der Waals surface area contributed by atoms with Crippen molar-refractivity contribution in [1.29, 1.82) is 0 Å². The first kappa shape index (κ1) is 21.1. The second-order valence-corrected chi connectivity index (χ2v) is 8.17. The van der Waals surface area contributed by atoms with E-state index in [4.69, 9.17) is 23.2 Å². The van der Waals surface area contributed by atoms with Crippen LogP contribution in [-0.2, 0) is 6.67 Å². The minimum Gasteiger partial charge on any atom is -0.289 e. The van der Waals surface area contributed by atoms with Crippen LogP contribution in [0, 0.1) is 0 Å². The lowest BCUT2D eigenvalue weighted by molar-refractivity contribution is 0.0587. The predicted octanol–water partition coefficient (Wildman–Crippen LogP) is 4.74. The molecule has 0 saturated carbocycles. The van der Waals surface area contributed by atoms with Crippen LogP contribution >= 0.6 is 23.2 Å². The van der Waals surface area contributed by atoms with Crippen LogP contribution in [0.3, 0.4) is 0 Å². The summed E-state index contributed by atoms with van der Waals surface area (Å²) in [5, 5.41) is 9.29. The number of benzene rings is 3. The van der Waals surface area contributed by atoms with Crippen molar-refractivity contribution in [1.82, 2.24) is 19.9 Å². The number of carbonyl (C=O) groups is 3. The Balaban J connectivity index is 1.47. The smallest absolute Gasteiger partial charge is 0.263 e. The first-order chi connectivity index (χ1) is 15.9. The van der Waals surface area contributed by atoms with Crippen molar-refractivity contribution < 1.29 is 14.4 Å². The van der Waals surface area contributed by atoms with E-state index in [0.717, 1.165) is 4.90 Å². The number of fused-ring (bicyclic) bond motifs is 1. The lowest BCUT2D eigenvalue weighted by Crippen LogP contribution is -2.32. The summed E-state index contributed by atoms with van der Waals surface area (Å²) in [5.41, 5.74) is 2.22. The van der Waals surface area contributed by atoms with Crippen LogP contribution in [0.2, 0.25) is 10.0 Å². The third-order valence-electron chi connectivity index (χ3n) is 5.30. The van der Waals surface area contributed by atoms with Crippen molar-refractivity contribution in [3.63, 3.8) is 0 Å². The Kier molecular flexibility index (Phi) is 5.28. The maximum Gasteiger partial charge on any atom is 0.263 e. The van der Waals surface area contributed by atoms with E-state index in [9.17, 15) is 14.4 Å². The molecule has 0 bridgehead atoms. The van der Waals surface area contributed by atoms with Gasteiger partial charge in [-0.15, -0.1) is 0 Å². The normalized spacial score (nSPS) is 12.8. The van der Waals surface area contributed by atoms with Crippen LogP contribution < -0.4 is 0 Å². The molecule has 0 unspecified atom stereocenters. The molecule has 2 amide bonds. The van der Waals surface area contributed by atoms with Crippen LogP contribution in [-0.4, -0.2) is 37.5 Å². The van der Waals surface area contributed by atoms with Crippen molar-refractivity contribution >= 4 is 40.8 Å². The Bertz CT molecular complexity index is 1410. The molecule has 2 heterocycles. The minimum atomic E-state index is -0.407. The fourth-order valence-corrected chi connectivity index (χ4v) is 4.09. The van der Waals surface area contributed by atoms with Crippen LogP contribution in [0.15, 0.2) is 72.9 Å². The summed E-state index contributed by atoms with van der Waals surface area (Å²) < 4.78 is 0. The molecule has 0 N–H and O–H groups in total. The Morgan fingerprint density at radius 3 is 2.18 bits per heavy atom. The highest BCUT2D eigenvalue weighted by molar-refractivity contribution is 6.35. The van der Waals surface area contributed by atoms with Crippen molar-refractivity contribution in [2.75, 3.05) is 0 Å². The molecule has 33 heavy (non-hydrogen) atoms. The summed E-state index contributed by atoms with van der Waals surface area (Å²) in [5.74, 6) is -1.13. The molecule has 3 aromatic carbocycles. The molecule has 9 heteroatoms. The first-order valence-corrected chi connectivity index (χ1v) is 10.6. The maximum atomic E-state index is 13.2. The van der Waals surface area contributed by atoms with Gasteiger partial charge in [0.1, 0.15) is 12.4 Å². The lowest BCUT2D eigenvalue weighted by atomic mass is 9.97. The fraction of sp³-hybridized carbons (Fsp3) is 0.0417. The zero-order valence-corrected chi connectivity index (χ0v) is 18.4. The second kappa shape index (κ2) is 8.27. The molecule has 0 radical (unpaired) electrons. The SMILES string of the molecule is O=C(c1ccccc1Cl)c1cc(Cl)ccc1-c1cnn(CN2C(=O)c3ccccc3C2=O)n1. The number of nitrogens with zero attached hydrogens (tertiary/aromatic N) is 4. The highest BCUT2D eigenvalue weighted by Crippen LogP contribution is 2.29. The molecular formula is C24H14Cl2N4O3. The molecule has 162 valence electrons. The largest absolute Gasteiger partial charge is 0.289 e. The van der Waals surface area contributed by atoms with Gasteiger partial charge in [0.2, 0.25) is 0 Å². The maximum absolute atomic E-state index is 13.2. The Hall–Kier alpha value is -3.81. The van der Waals surface area contributed by atoms with Gasteiger partial charge in [0.15, 0.2) is 5.78 Å². The van der Waals surface area contributed by atoms with Gasteiger partial charge >= 0.3 is 0 Å². The number of hydrogen-bond donors (Lipinski definition) is 0. The minimum absolute atomic E-state index is 0.159. The van der Waals surface area contributed by atoms with Gasteiger partial charge < -0.3 is 0 Å². The van der Waals surface area contributed by atoms with E-state index in [1.54, 1.807) is 66.7 Å². The van der Waals surface area contributed by atoms with Gasteiger partial charge in [-0.2, -0.15) is 15.0 Å². The van der Waals surface area contributed by atoms with Gasteiger partial charge in [-0.25, -0.2) is 0 Å². The molecular weight excluding hydrogens is 463 g/mol. The van der Waals surface area contributed by atoms with Crippen molar-refractivity contribution in [2.24, 2.45) is 0 Å². The van der Waals surface area contributed by atoms with E-state index >= 15 is 0 Å².